The van der Waals surface area contributed by atoms with E-state index in [2.05, 4.69) is 49.3 Å². The minimum Gasteiger partial charge on any atom is -0.445 e. The Balaban J connectivity index is 1.71. The van der Waals surface area contributed by atoms with Gasteiger partial charge in [0.2, 0.25) is 11.8 Å². The van der Waals surface area contributed by atoms with Crippen LogP contribution in [0.4, 0.5) is 5.69 Å². The molecule has 4 rings (SSSR count). The SMILES string of the molecule is CCc1cc(-c2cccc(-c3ncco3)c2)c(CC)c(CC)c1NC(=O)C=Cc1ccc(Cl)cc1. The third-order valence-corrected chi connectivity index (χ3v) is 6.37. The van der Waals surface area contributed by atoms with E-state index in [1.54, 1.807) is 24.6 Å². The Labute approximate surface area is 211 Å². The summed E-state index contributed by atoms with van der Waals surface area (Å²) in [5, 5.41) is 3.84. The Hall–Kier alpha value is -3.63. The molecule has 0 radical (unpaired) electrons. The average molecular weight is 485 g/mol. The molecule has 1 aromatic heterocycles. The van der Waals surface area contributed by atoms with Crippen LogP contribution in [0.2, 0.25) is 5.02 Å². The molecule has 1 heterocycles. The average Bonchev–Trinajstić information content (AvgIpc) is 3.43. The molecule has 0 atom stereocenters. The number of hydrogen-bond donors (Lipinski definition) is 1. The fourth-order valence-corrected chi connectivity index (χ4v) is 4.55. The van der Waals surface area contributed by atoms with Crippen LogP contribution in [0.25, 0.3) is 28.7 Å². The van der Waals surface area contributed by atoms with Crippen molar-refractivity contribution < 1.29 is 9.21 Å². The van der Waals surface area contributed by atoms with Gasteiger partial charge in [0.25, 0.3) is 0 Å². The van der Waals surface area contributed by atoms with Crippen LogP contribution in [-0.4, -0.2) is 10.9 Å². The number of hydrogen-bond acceptors (Lipinski definition) is 3. The van der Waals surface area contributed by atoms with Crippen molar-refractivity contribution in [3.8, 4) is 22.6 Å². The van der Waals surface area contributed by atoms with Gasteiger partial charge in [0, 0.05) is 22.3 Å². The van der Waals surface area contributed by atoms with E-state index in [1.165, 1.54) is 16.7 Å². The molecule has 178 valence electrons. The molecule has 0 bridgehead atoms. The maximum absolute atomic E-state index is 12.9. The number of aromatic nitrogens is 1. The van der Waals surface area contributed by atoms with Gasteiger partial charge in [0.05, 0.1) is 6.20 Å². The predicted octanol–water partition coefficient (Wildman–Crippen LogP) is 8.00. The minimum atomic E-state index is -0.148. The molecular formula is C30H29ClN2O2. The number of anilines is 1. The van der Waals surface area contributed by atoms with E-state index in [0.29, 0.717) is 10.9 Å². The van der Waals surface area contributed by atoms with Crippen molar-refractivity contribution in [2.45, 2.75) is 40.0 Å². The lowest BCUT2D eigenvalue weighted by Gasteiger charge is -2.21. The second kappa shape index (κ2) is 11.2. The van der Waals surface area contributed by atoms with Crippen LogP contribution < -0.4 is 5.32 Å². The molecule has 5 heteroatoms. The minimum absolute atomic E-state index is 0.148. The van der Waals surface area contributed by atoms with Gasteiger partial charge in [-0.25, -0.2) is 4.98 Å². The van der Waals surface area contributed by atoms with E-state index in [-0.39, 0.29) is 5.91 Å². The molecule has 0 aliphatic heterocycles. The van der Waals surface area contributed by atoms with Crippen molar-refractivity contribution in [2.24, 2.45) is 0 Å². The number of nitrogens with one attached hydrogen (secondary N) is 1. The summed E-state index contributed by atoms with van der Waals surface area (Å²) in [6.45, 7) is 6.42. The van der Waals surface area contributed by atoms with Crippen molar-refractivity contribution in [1.29, 1.82) is 0 Å². The summed E-state index contributed by atoms with van der Waals surface area (Å²) >= 11 is 5.96. The Kier molecular flexibility index (Phi) is 7.84. The van der Waals surface area contributed by atoms with Gasteiger partial charge >= 0.3 is 0 Å². The van der Waals surface area contributed by atoms with Gasteiger partial charge < -0.3 is 9.73 Å². The second-order valence-electron chi connectivity index (χ2n) is 8.27. The summed E-state index contributed by atoms with van der Waals surface area (Å²) in [5.41, 5.74) is 8.62. The van der Waals surface area contributed by atoms with Crippen molar-refractivity contribution in [2.75, 3.05) is 5.32 Å². The number of aryl methyl sites for hydroxylation is 1. The first-order chi connectivity index (χ1) is 17.0. The zero-order valence-corrected chi connectivity index (χ0v) is 21.0. The molecule has 1 amide bonds. The maximum Gasteiger partial charge on any atom is 0.248 e. The highest BCUT2D eigenvalue weighted by molar-refractivity contribution is 6.30. The van der Waals surface area contributed by atoms with Crippen molar-refractivity contribution in [3.63, 3.8) is 0 Å². The van der Waals surface area contributed by atoms with E-state index < -0.39 is 0 Å². The number of oxazole rings is 1. The van der Waals surface area contributed by atoms with Gasteiger partial charge in [-0.15, -0.1) is 0 Å². The van der Waals surface area contributed by atoms with Gasteiger partial charge in [-0.05, 0) is 89.1 Å². The van der Waals surface area contributed by atoms with Gasteiger partial charge in [-0.2, -0.15) is 0 Å². The van der Waals surface area contributed by atoms with Crippen LogP contribution in [0.5, 0.6) is 0 Å². The number of carbonyl (C=O) groups is 1. The second-order valence-corrected chi connectivity index (χ2v) is 8.70. The van der Waals surface area contributed by atoms with Crippen LogP contribution in [0.3, 0.4) is 0 Å². The zero-order valence-electron chi connectivity index (χ0n) is 20.3. The highest BCUT2D eigenvalue weighted by Crippen LogP contribution is 2.37. The molecule has 0 saturated carbocycles. The number of benzene rings is 3. The maximum atomic E-state index is 12.9. The van der Waals surface area contributed by atoms with Crippen LogP contribution in [-0.2, 0) is 24.1 Å². The number of halogens is 1. The summed E-state index contributed by atoms with van der Waals surface area (Å²) in [6, 6.07) is 17.9. The Morgan fingerprint density at radius 1 is 0.971 bits per heavy atom. The molecule has 0 aliphatic rings. The summed E-state index contributed by atoms with van der Waals surface area (Å²) in [7, 11) is 0. The summed E-state index contributed by atoms with van der Waals surface area (Å²) in [5.74, 6) is 0.456. The molecule has 1 N–H and O–H groups in total. The standard InChI is InChI=1S/C30H29ClN2O2/c1-4-21-19-27(22-8-7-9-23(18-22)30-32-16-17-35-30)25(5-2)26(6-3)29(21)33-28(34)15-12-20-10-13-24(31)14-11-20/h7-19H,4-6H2,1-3H3,(H,33,34). The first-order valence-corrected chi connectivity index (χ1v) is 12.3. The topological polar surface area (TPSA) is 55.1 Å². The van der Waals surface area contributed by atoms with Gasteiger partial charge in [0.15, 0.2) is 0 Å². The molecule has 35 heavy (non-hydrogen) atoms. The quantitative estimate of drug-likeness (QED) is 0.258. The Morgan fingerprint density at radius 2 is 1.71 bits per heavy atom. The first-order valence-electron chi connectivity index (χ1n) is 12.0. The van der Waals surface area contributed by atoms with E-state index >= 15 is 0 Å². The van der Waals surface area contributed by atoms with E-state index in [0.717, 1.165) is 47.2 Å². The predicted molar refractivity (Wildman–Crippen MR) is 145 cm³/mol. The van der Waals surface area contributed by atoms with Crippen molar-refractivity contribution in [1.82, 2.24) is 4.98 Å². The van der Waals surface area contributed by atoms with Crippen LogP contribution >= 0.6 is 11.6 Å². The molecule has 0 aliphatic carbocycles. The molecule has 3 aromatic carbocycles. The Morgan fingerprint density at radius 3 is 2.37 bits per heavy atom. The van der Waals surface area contributed by atoms with E-state index in [4.69, 9.17) is 16.0 Å². The molecule has 0 fully saturated rings. The number of carbonyl (C=O) groups excluding carboxylic acids is 1. The zero-order chi connectivity index (χ0) is 24.8. The lowest BCUT2D eigenvalue weighted by molar-refractivity contribution is -0.111. The highest BCUT2D eigenvalue weighted by atomic mass is 35.5. The Bertz CT molecular complexity index is 1340. The van der Waals surface area contributed by atoms with Crippen LogP contribution in [0.15, 0.2) is 77.6 Å². The first kappa shape index (κ1) is 24.5. The molecule has 0 unspecified atom stereocenters. The van der Waals surface area contributed by atoms with Crippen LogP contribution in [0, 0.1) is 0 Å². The summed E-state index contributed by atoms with van der Waals surface area (Å²) < 4.78 is 5.51. The van der Waals surface area contributed by atoms with Crippen molar-refractivity contribution >= 4 is 29.3 Å². The normalized spacial score (nSPS) is 11.2. The molecule has 4 aromatic rings. The lowest BCUT2D eigenvalue weighted by atomic mass is 9.87. The molecular weight excluding hydrogens is 456 g/mol. The van der Waals surface area contributed by atoms with E-state index in [1.807, 2.05) is 36.4 Å². The third-order valence-electron chi connectivity index (χ3n) is 6.12. The number of nitrogens with zero attached hydrogens (tertiary/aromatic N) is 1. The van der Waals surface area contributed by atoms with Gasteiger partial charge in [-0.1, -0.05) is 56.6 Å². The molecule has 0 saturated heterocycles. The van der Waals surface area contributed by atoms with Crippen molar-refractivity contribution in [3.05, 3.63) is 100 Å². The largest absolute Gasteiger partial charge is 0.445 e. The number of rotatable bonds is 8. The third kappa shape index (κ3) is 5.55. The fourth-order valence-electron chi connectivity index (χ4n) is 4.42. The van der Waals surface area contributed by atoms with Gasteiger partial charge in [0.1, 0.15) is 6.26 Å². The molecule has 4 nitrogen and oxygen atoms in total. The monoisotopic (exact) mass is 484 g/mol. The summed E-state index contributed by atoms with van der Waals surface area (Å²) in [6.07, 6.45) is 9.09. The smallest absolute Gasteiger partial charge is 0.248 e. The molecule has 0 spiro atoms. The summed E-state index contributed by atoms with van der Waals surface area (Å²) in [4.78, 5) is 17.2. The number of amides is 1. The fraction of sp³-hybridized carbons (Fsp3) is 0.200. The lowest BCUT2D eigenvalue weighted by Crippen LogP contribution is -2.14. The van der Waals surface area contributed by atoms with Gasteiger partial charge in [-0.3, -0.25) is 4.79 Å². The van der Waals surface area contributed by atoms with Crippen LogP contribution in [0.1, 0.15) is 43.0 Å². The highest BCUT2D eigenvalue weighted by Gasteiger charge is 2.18. The van der Waals surface area contributed by atoms with E-state index in [9.17, 15) is 4.79 Å².